The van der Waals surface area contributed by atoms with Crippen LogP contribution in [0.25, 0.3) is 0 Å². The third kappa shape index (κ3) is 10.3. The molecule has 0 amide bonds. The summed E-state index contributed by atoms with van der Waals surface area (Å²) in [5, 5.41) is 0. The molecule has 0 radical (unpaired) electrons. The average Bonchev–Trinajstić information content (AvgIpc) is 2.44. The van der Waals surface area contributed by atoms with Crippen molar-refractivity contribution < 1.29 is 9.53 Å². The van der Waals surface area contributed by atoms with Crippen LogP contribution in [-0.4, -0.2) is 12.6 Å². The number of ether oxygens (including phenoxy) is 1. The van der Waals surface area contributed by atoms with E-state index >= 15 is 0 Å². The number of hydrogen-bond donors (Lipinski definition) is 0. The average molecular weight is 284 g/mol. The monoisotopic (exact) mass is 284 g/mol. The molecule has 0 N–H and O–H groups in total. The lowest BCUT2D eigenvalue weighted by Gasteiger charge is -2.18. The standard InChI is InChI=1S/C18H36O2/c1-5-9-10-13-17(12-7-3)15-20-18(19)14-16(8-4)11-6-2/h16-17H,5-15H2,1-4H3. The Morgan fingerprint density at radius 2 is 1.50 bits per heavy atom. The highest BCUT2D eigenvalue weighted by Gasteiger charge is 2.15. The van der Waals surface area contributed by atoms with Gasteiger partial charge in [0, 0.05) is 6.42 Å². The van der Waals surface area contributed by atoms with E-state index in [2.05, 4.69) is 27.7 Å². The Hall–Kier alpha value is -0.530. The minimum Gasteiger partial charge on any atom is -0.465 e. The lowest BCUT2D eigenvalue weighted by atomic mass is 9.96. The number of esters is 1. The van der Waals surface area contributed by atoms with Crippen molar-refractivity contribution in [2.75, 3.05) is 6.61 Å². The lowest BCUT2D eigenvalue weighted by molar-refractivity contribution is -0.146. The fourth-order valence-electron chi connectivity index (χ4n) is 2.77. The van der Waals surface area contributed by atoms with Crippen molar-refractivity contribution in [2.45, 2.75) is 91.9 Å². The molecule has 0 aliphatic heterocycles. The predicted octanol–water partition coefficient (Wildman–Crippen LogP) is 5.74. The molecule has 0 saturated heterocycles. The summed E-state index contributed by atoms with van der Waals surface area (Å²) in [5.74, 6) is 1.10. The zero-order chi connectivity index (χ0) is 15.2. The molecule has 2 nitrogen and oxygen atoms in total. The van der Waals surface area contributed by atoms with Gasteiger partial charge in [0.1, 0.15) is 0 Å². The molecule has 0 saturated carbocycles. The molecule has 2 atom stereocenters. The topological polar surface area (TPSA) is 26.3 Å². The molecule has 0 aromatic heterocycles. The molecular formula is C18H36O2. The molecule has 0 fully saturated rings. The number of hydrogen-bond acceptors (Lipinski definition) is 2. The van der Waals surface area contributed by atoms with Crippen LogP contribution in [0.5, 0.6) is 0 Å². The van der Waals surface area contributed by atoms with Crippen LogP contribution < -0.4 is 0 Å². The summed E-state index contributed by atoms with van der Waals surface area (Å²) in [6, 6.07) is 0. The van der Waals surface area contributed by atoms with E-state index in [-0.39, 0.29) is 5.97 Å². The van der Waals surface area contributed by atoms with Gasteiger partial charge in [-0.1, -0.05) is 72.6 Å². The summed E-state index contributed by atoms with van der Waals surface area (Å²) in [4.78, 5) is 11.9. The van der Waals surface area contributed by atoms with Crippen LogP contribution in [0.1, 0.15) is 91.9 Å². The summed E-state index contributed by atoms with van der Waals surface area (Å²) >= 11 is 0. The maximum Gasteiger partial charge on any atom is 0.306 e. The smallest absolute Gasteiger partial charge is 0.306 e. The van der Waals surface area contributed by atoms with Gasteiger partial charge in [-0.05, 0) is 24.7 Å². The minimum absolute atomic E-state index is 0.0156. The van der Waals surface area contributed by atoms with Crippen LogP contribution >= 0.6 is 0 Å². The zero-order valence-corrected chi connectivity index (χ0v) is 14.2. The molecule has 0 aromatic rings. The summed E-state index contributed by atoms with van der Waals surface area (Å²) in [6.45, 7) is 9.42. The number of unbranched alkanes of at least 4 members (excludes halogenated alkanes) is 2. The first-order valence-electron chi connectivity index (χ1n) is 8.83. The fraction of sp³-hybridized carbons (Fsp3) is 0.944. The zero-order valence-electron chi connectivity index (χ0n) is 14.2. The number of carbonyl (C=O) groups is 1. The van der Waals surface area contributed by atoms with Crippen LogP contribution in [0.15, 0.2) is 0 Å². The van der Waals surface area contributed by atoms with E-state index in [9.17, 15) is 4.79 Å². The van der Waals surface area contributed by atoms with Gasteiger partial charge < -0.3 is 4.74 Å². The van der Waals surface area contributed by atoms with Crippen LogP contribution in [0, 0.1) is 11.8 Å². The van der Waals surface area contributed by atoms with Gasteiger partial charge in [0.2, 0.25) is 0 Å². The van der Waals surface area contributed by atoms with Gasteiger partial charge in [-0.2, -0.15) is 0 Å². The first kappa shape index (κ1) is 19.5. The van der Waals surface area contributed by atoms with E-state index in [4.69, 9.17) is 4.74 Å². The Bertz CT molecular complexity index is 225. The Morgan fingerprint density at radius 1 is 0.850 bits per heavy atom. The highest BCUT2D eigenvalue weighted by atomic mass is 16.5. The Morgan fingerprint density at radius 3 is 2.05 bits per heavy atom. The van der Waals surface area contributed by atoms with Gasteiger partial charge in [0.05, 0.1) is 6.61 Å². The molecule has 2 heteroatoms. The van der Waals surface area contributed by atoms with Crippen molar-refractivity contribution in [1.29, 1.82) is 0 Å². The fourth-order valence-corrected chi connectivity index (χ4v) is 2.77. The highest BCUT2D eigenvalue weighted by Crippen LogP contribution is 2.19. The van der Waals surface area contributed by atoms with Crippen molar-refractivity contribution in [3.8, 4) is 0 Å². The van der Waals surface area contributed by atoms with E-state index in [1.54, 1.807) is 0 Å². The molecule has 120 valence electrons. The Kier molecular flexibility index (Phi) is 13.1. The summed E-state index contributed by atoms with van der Waals surface area (Å²) in [5.41, 5.74) is 0. The van der Waals surface area contributed by atoms with Crippen molar-refractivity contribution in [2.24, 2.45) is 11.8 Å². The third-order valence-corrected chi connectivity index (χ3v) is 4.12. The van der Waals surface area contributed by atoms with Gasteiger partial charge in [0.25, 0.3) is 0 Å². The van der Waals surface area contributed by atoms with Crippen LogP contribution in [0.3, 0.4) is 0 Å². The van der Waals surface area contributed by atoms with Gasteiger partial charge in [-0.25, -0.2) is 0 Å². The van der Waals surface area contributed by atoms with E-state index in [1.165, 1.54) is 38.5 Å². The SMILES string of the molecule is CCCCCC(CCC)COC(=O)CC(CC)CCC. The van der Waals surface area contributed by atoms with Crippen molar-refractivity contribution in [3.05, 3.63) is 0 Å². The normalized spacial score (nSPS) is 14.0. The third-order valence-electron chi connectivity index (χ3n) is 4.12. The molecule has 0 spiro atoms. The molecule has 2 unspecified atom stereocenters. The molecule has 0 aliphatic carbocycles. The van der Waals surface area contributed by atoms with Gasteiger partial charge in [0.15, 0.2) is 0 Å². The van der Waals surface area contributed by atoms with E-state index < -0.39 is 0 Å². The van der Waals surface area contributed by atoms with Crippen LogP contribution in [0.2, 0.25) is 0 Å². The van der Waals surface area contributed by atoms with Crippen molar-refractivity contribution >= 4 is 5.97 Å². The number of carbonyl (C=O) groups excluding carboxylic acids is 1. The van der Waals surface area contributed by atoms with E-state index in [1.807, 2.05) is 0 Å². The van der Waals surface area contributed by atoms with Gasteiger partial charge in [-0.15, -0.1) is 0 Å². The maximum atomic E-state index is 11.9. The van der Waals surface area contributed by atoms with Crippen LogP contribution in [-0.2, 0) is 9.53 Å². The Balaban J connectivity index is 3.96. The second kappa shape index (κ2) is 13.5. The first-order valence-corrected chi connectivity index (χ1v) is 8.83. The summed E-state index contributed by atoms with van der Waals surface area (Å²) < 4.78 is 5.53. The van der Waals surface area contributed by atoms with Crippen LogP contribution in [0.4, 0.5) is 0 Å². The predicted molar refractivity (Wildman–Crippen MR) is 86.8 cm³/mol. The summed E-state index contributed by atoms with van der Waals surface area (Å²) in [6.07, 6.45) is 11.4. The van der Waals surface area contributed by atoms with E-state index in [0.29, 0.717) is 24.9 Å². The molecule has 0 bridgehead atoms. The van der Waals surface area contributed by atoms with Crippen molar-refractivity contribution in [1.82, 2.24) is 0 Å². The minimum atomic E-state index is 0.0156. The second-order valence-corrected chi connectivity index (χ2v) is 6.10. The molecule has 0 aliphatic rings. The van der Waals surface area contributed by atoms with E-state index in [0.717, 1.165) is 19.3 Å². The second-order valence-electron chi connectivity index (χ2n) is 6.10. The lowest BCUT2D eigenvalue weighted by Crippen LogP contribution is -2.17. The molecule has 0 heterocycles. The van der Waals surface area contributed by atoms with Crippen molar-refractivity contribution in [3.63, 3.8) is 0 Å². The molecular weight excluding hydrogens is 248 g/mol. The molecule has 0 aromatic carbocycles. The molecule has 20 heavy (non-hydrogen) atoms. The number of rotatable bonds is 13. The first-order chi connectivity index (χ1) is 9.67. The largest absolute Gasteiger partial charge is 0.465 e. The highest BCUT2D eigenvalue weighted by molar-refractivity contribution is 5.69. The quantitative estimate of drug-likeness (QED) is 0.318. The summed E-state index contributed by atoms with van der Waals surface area (Å²) in [7, 11) is 0. The molecule has 0 rings (SSSR count). The maximum absolute atomic E-state index is 11.9. The van der Waals surface area contributed by atoms with Gasteiger partial charge in [-0.3, -0.25) is 4.79 Å². The van der Waals surface area contributed by atoms with Gasteiger partial charge >= 0.3 is 5.97 Å². The Labute approximate surface area is 126 Å².